The summed E-state index contributed by atoms with van der Waals surface area (Å²) < 4.78 is 34.9. The Kier molecular flexibility index (Phi) is 6.77. The number of ether oxygens (including phenoxy) is 1. The second-order valence-corrected chi connectivity index (χ2v) is 10.0. The largest absolute Gasteiger partial charge is 0.481 e. The number of benzene rings is 2. The maximum Gasteiger partial charge on any atom is 0.316 e. The topological polar surface area (TPSA) is 88.0 Å². The lowest BCUT2D eigenvalue weighted by Gasteiger charge is -2.36. The lowest BCUT2D eigenvalue weighted by Crippen LogP contribution is -2.52. The average Bonchev–Trinajstić information content (AvgIpc) is 2.84. The lowest BCUT2D eigenvalue weighted by molar-refractivity contribution is 0.297. The minimum Gasteiger partial charge on any atom is -0.481 e. The highest BCUT2D eigenvalue weighted by molar-refractivity contribution is 7.86. The van der Waals surface area contributed by atoms with Crippen LogP contribution in [0.3, 0.4) is 0 Å². The monoisotopic (exact) mass is 469 g/mol. The van der Waals surface area contributed by atoms with Crippen molar-refractivity contribution in [2.75, 3.05) is 45.2 Å². The highest BCUT2D eigenvalue weighted by atomic mass is 32.2. The van der Waals surface area contributed by atoms with Crippen LogP contribution in [0.4, 0.5) is 5.69 Å². The van der Waals surface area contributed by atoms with E-state index >= 15 is 0 Å². The fourth-order valence-corrected chi connectivity index (χ4v) is 4.75. The van der Waals surface area contributed by atoms with Crippen molar-refractivity contribution in [1.82, 2.24) is 18.4 Å². The van der Waals surface area contributed by atoms with E-state index < -0.39 is 10.2 Å². The minimum atomic E-state index is -3.49. The first-order valence-electron chi connectivity index (χ1n) is 10.6. The molecular weight excluding hydrogens is 442 g/mol. The summed E-state index contributed by atoms with van der Waals surface area (Å²) in [6.07, 6.45) is 1.62. The molecule has 0 bridgehead atoms. The maximum absolute atomic E-state index is 13.4. The van der Waals surface area contributed by atoms with Gasteiger partial charge in [0.15, 0.2) is 0 Å². The van der Waals surface area contributed by atoms with Crippen LogP contribution in [0, 0.1) is 0 Å². The minimum absolute atomic E-state index is 0.196. The predicted octanol–water partition coefficient (Wildman–Crippen LogP) is 1.74. The Morgan fingerprint density at radius 3 is 2.15 bits per heavy atom. The van der Waals surface area contributed by atoms with E-state index in [4.69, 9.17) is 4.74 Å². The van der Waals surface area contributed by atoms with Gasteiger partial charge in [-0.05, 0) is 17.7 Å². The zero-order chi connectivity index (χ0) is 23.4. The Bertz CT molecular complexity index is 1240. The second kappa shape index (κ2) is 9.74. The van der Waals surface area contributed by atoms with Crippen molar-refractivity contribution in [3.8, 4) is 11.4 Å². The van der Waals surface area contributed by atoms with Gasteiger partial charge >= 0.3 is 5.56 Å². The van der Waals surface area contributed by atoms with Crippen LogP contribution in [0.1, 0.15) is 5.56 Å². The number of aromatic nitrogens is 2. The summed E-state index contributed by atoms with van der Waals surface area (Å²) in [5, 5.41) is 4.38. The molecule has 1 aliphatic rings. The van der Waals surface area contributed by atoms with Crippen LogP contribution >= 0.6 is 0 Å². The predicted molar refractivity (Wildman–Crippen MR) is 127 cm³/mol. The van der Waals surface area contributed by atoms with E-state index in [2.05, 4.69) is 5.10 Å². The molecule has 10 heteroatoms. The van der Waals surface area contributed by atoms with Gasteiger partial charge in [0.1, 0.15) is 12.3 Å². The number of rotatable bonds is 7. The molecule has 1 fully saturated rings. The molecule has 0 aliphatic carbocycles. The van der Waals surface area contributed by atoms with Gasteiger partial charge in [-0.1, -0.05) is 48.5 Å². The van der Waals surface area contributed by atoms with Gasteiger partial charge in [-0.25, -0.2) is 0 Å². The molecule has 0 spiro atoms. The number of nitrogens with zero attached hydrogens (tertiary/aromatic N) is 5. The first-order valence-corrected chi connectivity index (χ1v) is 12.0. The van der Waals surface area contributed by atoms with Gasteiger partial charge in [0.2, 0.25) is 5.75 Å². The molecule has 174 valence electrons. The van der Waals surface area contributed by atoms with Gasteiger partial charge < -0.3 is 9.64 Å². The summed E-state index contributed by atoms with van der Waals surface area (Å²) in [6.45, 7) is 1.69. The molecule has 2 aromatic carbocycles. The normalized spacial score (nSPS) is 15.1. The summed E-state index contributed by atoms with van der Waals surface area (Å²) in [5.74, 6) is 0.196. The van der Waals surface area contributed by atoms with E-state index in [0.29, 0.717) is 37.6 Å². The zero-order valence-electron chi connectivity index (χ0n) is 18.7. The van der Waals surface area contributed by atoms with E-state index in [9.17, 15) is 13.2 Å². The Labute approximate surface area is 193 Å². The molecule has 1 aromatic heterocycles. The number of piperazine rings is 1. The maximum atomic E-state index is 13.4. The summed E-state index contributed by atoms with van der Waals surface area (Å²) in [5.41, 5.74) is 1.77. The molecule has 1 aliphatic heterocycles. The van der Waals surface area contributed by atoms with Crippen molar-refractivity contribution in [1.29, 1.82) is 0 Å². The molecule has 4 rings (SSSR count). The van der Waals surface area contributed by atoms with Crippen molar-refractivity contribution in [3.63, 3.8) is 0 Å². The van der Waals surface area contributed by atoms with E-state index in [1.807, 2.05) is 53.4 Å². The fourth-order valence-electron chi connectivity index (χ4n) is 3.66. The molecule has 0 N–H and O–H groups in total. The Hall–Kier alpha value is -3.21. The van der Waals surface area contributed by atoms with Gasteiger partial charge in [-0.3, -0.25) is 4.79 Å². The molecule has 33 heavy (non-hydrogen) atoms. The van der Waals surface area contributed by atoms with Crippen molar-refractivity contribution in [2.24, 2.45) is 0 Å². The molecule has 3 aromatic rings. The molecule has 0 amide bonds. The molecule has 9 nitrogen and oxygen atoms in total. The first-order chi connectivity index (χ1) is 15.9. The van der Waals surface area contributed by atoms with Crippen LogP contribution in [-0.2, 0) is 16.8 Å². The van der Waals surface area contributed by atoms with Gasteiger partial charge in [0.25, 0.3) is 10.2 Å². The van der Waals surface area contributed by atoms with Crippen LogP contribution in [-0.4, -0.2) is 67.1 Å². The van der Waals surface area contributed by atoms with Gasteiger partial charge in [0.05, 0.1) is 11.9 Å². The van der Waals surface area contributed by atoms with Crippen molar-refractivity contribution in [2.45, 2.75) is 6.61 Å². The molecule has 0 atom stereocenters. The number of hydrogen-bond donors (Lipinski definition) is 0. The van der Waals surface area contributed by atoms with E-state index in [-0.39, 0.29) is 17.9 Å². The number of para-hydroxylation sites is 1. The van der Waals surface area contributed by atoms with Crippen LogP contribution < -0.4 is 15.2 Å². The third-order valence-corrected chi connectivity index (χ3v) is 7.45. The van der Waals surface area contributed by atoms with Crippen molar-refractivity contribution in [3.05, 3.63) is 82.8 Å². The zero-order valence-corrected chi connectivity index (χ0v) is 19.5. The standard InChI is InChI=1S/C23H27N5O4S/c1-25(2)33(30,31)27-15-13-26(14-16-27)21-17-24-28(20-11-7-4-8-12-20)23(29)22(21)32-18-19-9-5-3-6-10-19/h3-12,17H,13-16,18H2,1-2H3. The Balaban J connectivity index is 1.64. The highest BCUT2D eigenvalue weighted by Gasteiger charge is 2.30. The summed E-state index contributed by atoms with van der Waals surface area (Å²) in [7, 11) is -0.449. The summed E-state index contributed by atoms with van der Waals surface area (Å²) in [4.78, 5) is 15.4. The molecule has 1 saturated heterocycles. The average molecular weight is 470 g/mol. The summed E-state index contributed by atoms with van der Waals surface area (Å²) in [6, 6.07) is 18.8. The summed E-state index contributed by atoms with van der Waals surface area (Å²) >= 11 is 0. The third-order valence-electron chi connectivity index (χ3n) is 5.51. The second-order valence-electron chi connectivity index (χ2n) is 7.86. The number of anilines is 1. The Morgan fingerprint density at radius 1 is 0.939 bits per heavy atom. The van der Waals surface area contributed by atoms with Crippen LogP contribution in [0.15, 0.2) is 71.7 Å². The van der Waals surface area contributed by atoms with Crippen molar-refractivity contribution < 1.29 is 13.2 Å². The van der Waals surface area contributed by atoms with Gasteiger partial charge in [-0.15, -0.1) is 0 Å². The van der Waals surface area contributed by atoms with Crippen LogP contribution in [0.2, 0.25) is 0 Å². The molecule has 2 heterocycles. The smallest absolute Gasteiger partial charge is 0.316 e. The van der Waals surface area contributed by atoms with E-state index in [0.717, 1.165) is 5.56 Å². The SMILES string of the molecule is CN(C)S(=O)(=O)N1CCN(c2cnn(-c3ccccc3)c(=O)c2OCc2ccccc2)CC1. The molecule has 0 radical (unpaired) electrons. The number of hydrogen-bond acceptors (Lipinski definition) is 6. The van der Waals surface area contributed by atoms with Crippen molar-refractivity contribution >= 4 is 15.9 Å². The molecular formula is C23H27N5O4S. The van der Waals surface area contributed by atoms with E-state index in [1.165, 1.54) is 27.4 Å². The highest BCUT2D eigenvalue weighted by Crippen LogP contribution is 2.27. The Morgan fingerprint density at radius 2 is 1.55 bits per heavy atom. The van der Waals surface area contributed by atoms with Gasteiger partial charge in [0, 0.05) is 40.3 Å². The molecule has 0 saturated carbocycles. The van der Waals surface area contributed by atoms with Gasteiger partial charge in [-0.2, -0.15) is 26.8 Å². The third kappa shape index (κ3) is 4.92. The lowest BCUT2D eigenvalue weighted by atomic mass is 10.2. The van der Waals surface area contributed by atoms with E-state index in [1.54, 1.807) is 18.3 Å². The first kappa shape index (κ1) is 23.0. The fraction of sp³-hybridized carbons (Fsp3) is 0.304. The van der Waals surface area contributed by atoms with Crippen LogP contribution in [0.25, 0.3) is 5.69 Å². The van der Waals surface area contributed by atoms with Crippen LogP contribution in [0.5, 0.6) is 5.75 Å². The molecule has 0 unspecified atom stereocenters. The quantitative estimate of drug-likeness (QED) is 0.524.